The summed E-state index contributed by atoms with van der Waals surface area (Å²) in [4.78, 5) is 12.9. The van der Waals surface area contributed by atoms with Gasteiger partial charge in [0, 0.05) is 17.5 Å². The van der Waals surface area contributed by atoms with Gasteiger partial charge in [-0.15, -0.1) is 0 Å². The third-order valence-corrected chi connectivity index (χ3v) is 4.74. The van der Waals surface area contributed by atoms with Crippen LogP contribution in [0.4, 0.5) is 5.69 Å². The first kappa shape index (κ1) is 19.2. The summed E-state index contributed by atoms with van der Waals surface area (Å²) in [7, 11) is -3.38. The van der Waals surface area contributed by atoms with E-state index in [1.54, 1.807) is 30.5 Å². The molecule has 0 saturated carbocycles. The largest absolute Gasteiger partial charge is 0.467 e. The van der Waals surface area contributed by atoms with E-state index < -0.39 is 15.4 Å². The van der Waals surface area contributed by atoms with Crippen molar-refractivity contribution in [3.63, 3.8) is 0 Å². The number of nitrogens with zero attached hydrogens (tertiary/aromatic N) is 2. The molecule has 0 fully saturated rings. The van der Waals surface area contributed by atoms with E-state index in [2.05, 4.69) is 9.82 Å². The fraction of sp³-hybridized carbons (Fsp3) is 0.368. The molecule has 8 heteroatoms. The third-order valence-electron chi connectivity index (χ3n) is 4.13. The van der Waals surface area contributed by atoms with Crippen LogP contribution in [0.15, 0.2) is 52.2 Å². The topological polar surface area (TPSA) is 92.0 Å². The van der Waals surface area contributed by atoms with Crippen molar-refractivity contribution >= 4 is 27.3 Å². The number of rotatable bonds is 4. The minimum absolute atomic E-state index is 0.107. The van der Waals surface area contributed by atoms with Crippen molar-refractivity contribution in [2.24, 2.45) is 10.5 Å². The summed E-state index contributed by atoms with van der Waals surface area (Å²) >= 11 is 0. The zero-order valence-electron chi connectivity index (χ0n) is 15.8. The van der Waals surface area contributed by atoms with Gasteiger partial charge in [-0.25, -0.2) is 13.4 Å². The summed E-state index contributed by atoms with van der Waals surface area (Å²) < 4.78 is 31.0. The Labute approximate surface area is 159 Å². The minimum Gasteiger partial charge on any atom is -0.467 e. The molecule has 1 aliphatic rings. The second-order valence-electron chi connectivity index (χ2n) is 7.64. The smallest absolute Gasteiger partial charge is 0.248 e. The monoisotopic (exact) mass is 389 g/mol. The quantitative estimate of drug-likeness (QED) is 0.868. The maximum absolute atomic E-state index is 12.9. The summed E-state index contributed by atoms with van der Waals surface area (Å²) in [5.74, 6) is 0.557. The minimum atomic E-state index is -3.38. The van der Waals surface area contributed by atoms with Gasteiger partial charge in [-0.2, -0.15) is 5.10 Å². The Morgan fingerprint density at radius 3 is 2.59 bits per heavy atom. The molecular weight excluding hydrogens is 366 g/mol. The summed E-state index contributed by atoms with van der Waals surface area (Å²) in [5, 5.41) is 6.04. The van der Waals surface area contributed by atoms with Gasteiger partial charge in [-0.1, -0.05) is 32.9 Å². The van der Waals surface area contributed by atoms with Crippen LogP contribution in [0.3, 0.4) is 0 Å². The van der Waals surface area contributed by atoms with E-state index in [9.17, 15) is 13.2 Å². The van der Waals surface area contributed by atoms with Crippen molar-refractivity contribution in [1.29, 1.82) is 0 Å². The fourth-order valence-corrected chi connectivity index (χ4v) is 3.45. The standard InChI is InChI=1S/C19H23N3O4S/c1-19(2,3)18(23)22-16(17-9-6-10-26-17)12-15(20-22)13-7-5-8-14(11-13)21-27(4,24)25/h5-11,16,21H,12H2,1-4H3/t16-/m0/s1. The molecule has 1 amide bonds. The highest BCUT2D eigenvalue weighted by atomic mass is 32.2. The van der Waals surface area contributed by atoms with E-state index >= 15 is 0 Å². The first-order valence-electron chi connectivity index (χ1n) is 8.57. The second-order valence-corrected chi connectivity index (χ2v) is 9.39. The number of amides is 1. The Morgan fingerprint density at radius 1 is 1.26 bits per heavy atom. The summed E-state index contributed by atoms with van der Waals surface area (Å²) in [6, 6.07) is 10.3. The number of nitrogens with one attached hydrogen (secondary N) is 1. The maximum atomic E-state index is 12.9. The van der Waals surface area contributed by atoms with Crippen molar-refractivity contribution in [2.75, 3.05) is 11.0 Å². The third kappa shape index (κ3) is 4.39. The van der Waals surface area contributed by atoms with E-state index in [1.807, 2.05) is 32.9 Å². The Hall–Kier alpha value is -2.61. The molecule has 1 N–H and O–H groups in total. The summed E-state index contributed by atoms with van der Waals surface area (Å²) in [5.41, 5.74) is 1.31. The Morgan fingerprint density at radius 2 is 2.00 bits per heavy atom. The lowest BCUT2D eigenvalue weighted by Crippen LogP contribution is -2.36. The Bertz CT molecular complexity index is 973. The molecule has 0 aliphatic carbocycles. The lowest BCUT2D eigenvalue weighted by atomic mass is 9.94. The predicted octanol–water partition coefficient (Wildman–Crippen LogP) is 3.37. The van der Waals surface area contributed by atoms with Gasteiger partial charge in [0.2, 0.25) is 15.9 Å². The molecule has 144 valence electrons. The van der Waals surface area contributed by atoms with Crippen LogP contribution in [0.25, 0.3) is 0 Å². The van der Waals surface area contributed by atoms with Gasteiger partial charge in [0.1, 0.15) is 11.8 Å². The molecule has 0 bridgehead atoms. The van der Waals surface area contributed by atoms with E-state index in [1.165, 1.54) is 5.01 Å². The SMILES string of the molecule is CC(C)(C)C(=O)N1N=C(c2cccc(NS(C)(=O)=O)c2)C[C@H]1c1ccco1. The average molecular weight is 389 g/mol. The van der Waals surface area contributed by atoms with E-state index in [4.69, 9.17) is 4.42 Å². The molecule has 1 aromatic heterocycles. The van der Waals surface area contributed by atoms with Gasteiger partial charge in [0.25, 0.3) is 0 Å². The molecule has 7 nitrogen and oxygen atoms in total. The number of carbonyl (C=O) groups excluding carboxylic acids is 1. The number of benzene rings is 1. The van der Waals surface area contributed by atoms with Gasteiger partial charge in [-0.05, 0) is 29.8 Å². The molecule has 2 aromatic rings. The van der Waals surface area contributed by atoms with Crippen LogP contribution in [0.1, 0.15) is 44.6 Å². The summed E-state index contributed by atoms with van der Waals surface area (Å²) in [6.07, 6.45) is 3.16. The van der Waals surface area contributed by atoms with Gasteiger partial charge in [-0.3, -0.25) is 9.52 Å². The molecule has 1 aliphatic heterocycles. The van der Waals surface area contributed by atoms with Crippen molar-refractivity contribution in [2.45, 2.75) is 33.2 Å². The molecule has 1 aromatic carbocycles. The molecule has 0 unspecified atom stereocenters. The summed E-state index contributed by atoms with van der Waals surface area (Å²) in [6.45, 7) is 5.54. The van der Waals surface area contributed by atoms with Crippen LogP contribution in [-0.2, 0) is 14.8 Å². The number of sulfonamides is 1. The lowest BCUT2D eigenvalue weighted by Gasteiger charge is -2.27. The average Bonchev–Trinajstić information content (AvgIpc) is 3.21. The van der Waals surface area contributed by atoms with Crippen molar-refractivity contribution in [3.8, 4) is 0 Å². The number of furan rings is 1. The highest BCUT2D eigenvalue weighted by Crippen LogP contribution is 2.36. The normalized spacial score (nSPS) is 17.7. The van der Waals surface area contributed by atoms with Gasteiger partial charge in [0.15, 0.2) is 0 Å². The number of hydrogen-bond acceptors (Lipinski definition) is 5. The molecule has 2 heterocycles. The predicted molar refractivity (Wildman–Crippen MR) is 104 cm³/mol. The van der Waals surface area contributed by atoms with Crippen molar-refractivity contribution in [3.05, 3.63) is 54.0 Å². The van der Waals surface area contributed by atoms with E-state index in [0.717, 1.165) is 11.8 Å². The van der Waals surface area contributed by atoms with Crippen LogP contribution in [0, 0.1) is 5.41 Å². The molecule has 27 heavy (non-hydrogen) atoms. The maximum Gasteiger partial charge on any atom is 0.248 e. The van der Waals surface area contributed by atoms with Gasteiger partial charge in [0.05, 0.1) is 18.2 Å². The molecular formula is C19H23N3O4S. The van der Waals surface area contributed by atoms with E-state index in [0.29, 0.717) is 23.6 Å². The molecule has 0 spiro atoms. The molecule has 1 atom stereocenters. The lowest BCUT2D eigenvalue weighted by molar-refractivity contribution is -0.141. The molecule has 3 rings (SSSR count). The van der Waals surface area contributed by atoms with Crippen molar-refractivity contribution in [1.82, 2.24) is 5.01 Å². The van der Waals surface area contributed by atoms with Crippen LogP contribution < -0.4 is 4.72 Å². The highest BCUT2D eigenvalue weighted by Gasteiger charge is 2.39. The molecule has 0 radical (unpaired) electrons. The fourth-order valence-electron chi connectivity index (χ4n) is 2.89. The van der Waals surface area contributed by atoms with Crippen LogP contribution in [-0.4, -0.2) is 31.3 Å². The number of carbonyl (C=O) groups is 1. The van der Waals surface area contributed by atoms with E-state index in [-0.39, 0.29) is 11.9 Å². The number of hydrazone groups is 1. The van der Waals surface area contributed by atoms with Crippen LogP contribution in [0.2, 0.25) is 0 Å². The zero-order valence-corrected chi connectivity index (χ0v) is 16.6. The second kappa shape index (κ2) is 6.84. The highest BCUT2D eigenvalue weighted by molar-refractivity contribution is 7.92. The Balaban J connectivity index is 1.96. The number of hydrogen-bond donors (Lipinski definition) is 1. The number of anilines is 1. The Kier molecular flexibility index (Phi) is 4.86. The zero-order chi connectivity index (χ0) is 19.8. The van der Waals surface area contributed by atoms with Gasteiger partial charge >= 0.3 is 0 Å². The van der Waals surface area contributed by atoms with Crippen LogP contribution in [0.5, 0.6) is 0 Å². The first-order valence-corrected chi connectivity index (χ1v) is 10.5. The van der Waals surface area contributed by atoms with Crippen molar-refractivity contribution < 1.29 is 17.6 Å². The molecule has 0 saturated heterocycles. The first-order chi connectivity index (χ1) is 12.5. The van der Waals surface area contributed by atoms with Gasteiger partial charge < -0.3 is 4.42 Å². The van der Waals surface area contributed by atoms with Crippen LogP contribution >= 0.6 is 0 Å².